The van der Waals surface area contributed by atoms with Crippen molar-refractivity contribution in [3.8, 4) is 0 Å². The van der Waals surface area contributed by atoms with E-state index in [0.29, 0.717) is 37.1 Å². The number of oxime groups is 1. The van der Waals surface area contributed by atoms with Gasteiger partial charge in [0.1, 0.15) is 30.8 Å². The molecule has 2 amide bonds. The molecule has 0 unspecified atom stereocenters. The van der Waals surface area contributed by atoms with Crippen molar-refractivity contribution in [1.29, 1.82) is 0 Å². The van der Waals surface area contributed by atoms with E-state index in [2.05, 4.69) is 19.8 Å². The molecule has 5 aliphatic rings. The van der Waals surface area contributed by atoms with Crippen molar-refractivity contribution in [2.45, 2.75) is 36.3 Å². The van der Waals surface area contributed by atoms with Crippen molar-refractivity contribution in [2.75, 3.05) is 44.8 Å². The van der Waals surface area contributed by atoms with Crippen LogP contribution in [0.15, 0.2) is 16.4 Å². The normalized spacial score (nSPS) is 32.2. The molecule has 0 saturated carbocycles. The number of aliphatic hydroxyl groups is 1. The molecular formula is C20H26N7O6S2+. The van der Waals surface area contributed by atoms with Gasteiger partial charge in [-0.1, -0.05) is 5.16 Å². The molecule has 1 aromatic heterocycles. The molecule has 4 saturated heterocycles. The number of carbonyl (C=O) groups excluding carboxylic acids is 2. The molecule has 4 fully saturated rings. The number of β-lactam (4-membered cyclic amide) rings is 1. The molecule has 0 aliphatic carbocycles. The third-order valence-electron chi connectivity index (χ3n) is 7.27. The summed E-state index contributed by atoms with van der Waals surface area (Å²) in [6, 6.07) is -0.923. The van der Waals surface area contributed by atoms with Gasteiger partial charge in [0.2, 0.25) is 11.5 Å². The number of carbonyl (C=O) groups is 3. The average molecular weight is 525 g/mol. The maximum atomic E-state index is 13.0. The molecule has 188 valence electrons. The van der Waals surface area contributed by atoms with Gasteiger partial charge in [0, 0.05) is 42.1 Å². The molecular weight excluding hydrogens is 498 g/mol. The number of anilines is 1. The summed E-state index contributed by atoms with van der Waals surface area (Å²) in [6.07, 6.45) is 2.13. The van der Waals surface area contributed by atoms with Crippen molar-refractivity contribution in [1.82, 2.24) is 19.6 Å². The fourth-order valence-corrected chi connectivity index (χ4v) is 7.08. The highest BCUT2D eigenvalue weighted by atomic mass is 32.2. The number of aromatic nitrogens is 2. The Hall–Kier alpha value is -2.75. The molecule has 5 aliphatic heterocycles. The summed E-state index contributed by atoms with van der Waals surface area (Å²) in [4.78, 5) is 48.1. The van der Waals surface area contributed by atoms with Gasteiger partial charge in [-0.05, 0) is 0 Å². The fourth-order valence-electron chi connectivity index (χ4n) is 5.31. The number of piperidine rings is 3. The van der Waals surface area contributed by atoms with Gasteiger partial charge in [0.15, 0.2) is 5.13 Å². The molecule has 6 rings (SSSR count). The van der Waals surface area contributed by atoms with E-state index in [-0.39, 0.29) is 22.4 Å². The SMILES string of the molecule is CO/N=C(\C(=O)N[C@@H]1C(=O)N2C(C(=O)O)=C(C[N+]34CCC(O)(CC3)CC4)CS[C@@H]12)c1nsc(N)n1. The number of aliphatic carboxylic acids is 1. The number of nitrogens with two attached hydrogens (primary N) is 1. The summed E-state index contributed by atoms with van der Waals surface area (Å²) in [5.41, 5.74) is 5.50. The number of nitrogen functional groups attached to an aromatic ring is 1. The second-order valence-corrected chi connectivity index (χ2v) is 11.2. The second kappa shape index (κ2) is 8.72. The minimum absolute atomic E-state index is 0.00267. The van der Waals surface area contributed by atoms with Gasteiger partial charge in [-0.3, -0.25) is 14.5 Å². The molecule has 0 radical (unpaired) electrons. The topological polar surface area (TPSA) is 180 Å². The number of carboxylic acid groups (broad SMARTS) is 1. The van der Waals surface area contributed by atoms with E-state index in [4.69, 9.17) is 10.6 Å². The van der Waals surface area contributed by atoms with Gasteiger partial charge < -0.3 is 30.6 Å². The highest BCUT2D eigenvalue weighted by Gasteiger charge is 2.56. The number of quaternary nitrogens is 1. The molecule has 2 bridgehead atoms. The van der Waals surface area contributed by atoms with Crippen LogP contribution in [0.5, 0.6) is 0 Å². The number of fused-ring (bicyclic) bond motifs is 4. The van der Waals surface area contributed by atoms with Crippen molar-refractivity contribution in [3.63, 3.8) is 0 Å². The summed E-state index contributed by atoms with van der Waals surface area (Å²) in [7, 11) is 1.26. The number of carboxylic acids is 1. The van der Waals surface area contributed by atoms with E-state index < -0.39 is 34.8 Å². The molecule has 5 N–H and O–H groups in total. The molecule has 15 heteroatoms. The first-order chi connectivity index (χ1) is 16.7. The first kappa shape index (κ1) is 24.0. The quantitative estimate of drug-likeness (QED) is 0.149. The van der Waals surface area contributed by atoms with Crippen molar-refractivity contribution in [3.05, 3.63) is 17.1 Å². The van der Waals surface area contributed by atoms with Gasteiger partial charge in [-0.25, -0.2) is 4.79 Å². The highest BCUT2D eigenvalue weighted by Crippen LogP contribution is 2.43. The van der Waals surface area contributed by atoms with Gasteiger partial charge in [-0.15, -0.1) is 11.8 Å². The number of amides is 2. The van der Waals surface area contributed by atoms with Crippen molar-refractivity contribution in [2.24, 2.45) is 5.16 Å². The van der Waals surface area contributed by atoms with Crippen LogP contribution in [-0.4, -0.2) is 109 Å². The van der Waals surface area contributed by atoms with Gasteiger partial charge in [0.05, 0.1) is 25.2 Å². The van der Waals surface area contributed by atoms with Crippen molar-refractivity contribution < 1.29 is 33.9 Å². The third kappa shape index (κ3) is 4.15. The fraction of sp³-hybridized carbons (Fsp3) is 0.600. The van der Waals surface area contributed by atoms with Gasteiger partial charge in [-0.2, -0.15) is 9.36 Å². The summed E-state index contributed by atoms with van der Waals surface area (Å²) in [5.74, 6) is -1.96. The van der Waals surface area contributed by atoms with Crippen LogP contribution in [0.3, 0.4) is 0 Å². The molecule has 35 heavy (non-hydrogen) atoms. The van der Waals surface area contributed by atoms with E-state index in [1.165, 1.54) is 23.8 Å². The van der Waals surface area contributed by atoms with E-state index in [1.54, 1.807) is 0 Å². The molecule has 6 heterocycles. The number of hydrogen-bond donors (Lipinski definition) is 4. The zero-order chi connectivity index (χ0) is 25.0. The Kier molecular flexibility index (Phi) is 5.97. The molecule has 13 nitrogen and oxygen atoms in total. The Morgan fingerprint density at radius 2 is 2.03 bits per heavy atom. The first-order valence-corrected chi connectivity index (χ1v) is 13.0. The number of thioether (sulfide) groups is 1. The second-order valence-electron chi connectivity index (χ2n) is 9.34. The predicted molar refractivity (Wildman–Crippen MR) is 126 cm³/mol. The largest absolute Gasteiger partial charge is 0.477 e. The minimum atomic E-state index is -1.16. The van der Waals surface area contributed by atoms with E-state index in [9.17, 15) is 24.6 Å². The highest BCUT2D eigenvalue weighted by molar-refractivity contribution is 8.00. The maximum Gasteiger partial charge on any atom is 0.352 e. The third-order valence-corrected chi connectivity index (χ3v) is 9.15. The lowest BCUT2D eigenvalue weighted by Gasteiger charge is -2.54. The molecule has 1 aromatic rings. The Morgan fingerprint density at radius 1 is 1.34 bits per heavy atom. The van der Waals surface area contributed by atoms with Crippen LogP contribution in [-0.2, 0) is 19.2 Å². The van der Waals surface area contributed by atoms with Crippen LogP contribution >= 0.6 is 23.3 Å². The van der Waals surface area contributed by atoms with Crippen LogP contribution in [0.2, 0.25) is 0 Å². The Balaban J connectivity index is 1.33. The predicted octanol–water partition coefficient (Wildman–Crippen LogP) is -1.05. The van der Waals surface area contributed by atoms with Crippen LogP contribution in [0, 0.1) is 0 Å². The minimum Gasteiger partial charge on any atom is -0.477 e. The molecule has 0 spiro atoms. The zero-order valence-electron chi connectivity index (χ0n) is 19.0. The lowest BCUT2D eigenvalue weighted by molar-refractivity contribution is -0.940. The number of nitrogens with zero attached hydrogens (tertiary/aromatic N) is 5. The smallest absolute Gasteiger partial charge is 0.352 e. The lowest BCUT2D eigenvalue weighted by Crippen LogP contribution is -2.71. The number of rotatable bonds is 7. The molecule has 0 aromatic carbocycles. The monoisotopic (exact) mass is 524 g/mol. The van der Waals surface area contributed by atoms with Crippen LogP contribution < -0.4 is 11.1 Å². The number of hydrogen-bond acceptors (Lipinski definition) is 11. The lowest BCUT2D eigenvalue weighted by atomic mass is 9.81. The van der Waals surface area contributed by atoms with E-state index in [0.717, 1.165) is 35.6 Å². The Bertz CT molecular complexity index is 1130. The van der Waals surface area contributed by atoms with Crippen molar-refractivity contribution >= 4 is 51.9 Å². The van der Waals surface area contributed by atoms with Crippen LogP contribution in [0.25, 0.3) is 0 Å². The van der Waals surface area contributed by atoms with E-state index in [1.807, 2.05) is 0 Å². The standard InChI is InChI=1S/C20H25N7O6S2/c1-33-24-11(14-23-19(21)35-25-14)15(28)22-12-16(29)26-13(18(30)31)10(9-34-17(12)26)8-27-5-2-20(32,3-6-27)4-7-27/h12,17,32H,2-9H2,1H3,(H3-,21,22,23,25,28,30,31)/p+1/b24-11-/t12-,17+,20?,27?/m1/s1. The Labute approximate surface area is 208 Å². The zero-order valence-corrected chi connectivity index (χ0v) is 20.6. The van der Waals surface area contributed by atoms with Gasteiger partial charge >= 0.3 is 5.97 Å². The summed E-state index contributed by atoms with van der Waals surface area (Å²) < 4.78 is 4.70. The van der Waals surface area contributed by atoms with Gasteiger partial charge in [0.25, 0.3) is 11.8 Å². The maximum absolute atomic E-state index is 13.0. The average Bonchev–Trinajstić information content (AvgIpc) is 3.27. The van der Waals surface area contributed by atoms with E-state index >= 15 is 0 Å². The van der Waals surface area contributed by atoms with Crippen LogP contribution in [0.4, 0.5) is 5.13 Å². The summed E-state index contributed by atoms with van der Waals surface area (Å²) in [6.45, 7) is 2.93. The summed E-state index contributed by atoms with van der Waals surface area (Å²) >= 11 is 2.31. The number of nitrogens with one attached hydrogen (secondary N) is 1. The van der Waals surface area contributed by atoms with Crippen LogP contribution in [0.1, 0.15) is 25.1 Å². The first-order valence-electron chi connectivity index (χ1n) is 11.1. The molecule has 2 atom stereocenters. The Morgan fingerprint density at radius 3 is 2.60 bits per heavy atom. The summed E-state index contributed by atoms with van der Waals surface area (Å²) in [5, 5.41) is 26.4.